The Morgan fingerprint density at radius 2 is 2.17 bits per heavy atom. The zero-order valence-corrected chi connectivity index (χ0v) is 7.64. The molecule has 1 amide bonds. The molecule has 2 heteroatoms. The molecule has 0 aromatic rings. The molecule has 1 unspecified atom stereocenters. The molecule has 1 aliphatic rings. The lowest BCUT2D eigenvalue weighted by atomic mass is 9.87. The Kier molecular flexibility index (Phi) is 2.23. The topological polar surface area (TPSA) is 29.1 Å². The van der Waals surface area contributed by atoms with Crippen molar-refractivity contribution in [2.45, 2.75) is 26.8 Å². The van der Waals surface area contributed by atoms with Crippen molar-refractivity contribution in [3.8, 4) is 11.8 Å². The van der Waals surface area contributed by atoms with Crippen molar-refractivity contribution in [2.75, 3.05) is 0 Å². The fraction of sp³-hybridized carbons (Fsp3) is 0.500. The van der Waals surface area contributed by atoms with Crippen molar-refractivity contribution < 1.29 is 4.79 Å². The van der Waals surface area contributed by atoms with Crippen LogP contribution in [0.1, 0.15) is 20.8 Å². The van der Waals surface area contributed by atoms with Crippen LogP contribution in [0.5, 0.6) is 0 Å². The minimum absolute atomic E-state index is 0.00528. The lowest BCUT2D eigenvalue weighted by molar-refractivity contribution is -0.117. The third-order valence-electron chi connectivity index (χ3n) is 1.70. The van der Waals surface area contributed by atoms with Crippen LogP contribution in [0.2, 0.25) is 0 Å². The first-order valence-electron chi connectivity index (χ1n) is 3.98. The number of carbonyl (C=O) groups excluding carboxylic acids is 1. The van der Waals surface area contributed by atoms with Crippen molar-refractivity contribution in [1.29, 1.82) is 0 Å². The lowest BCUT2D eigenvalue weighted by Gasteiger charge is -2.26. The summed E-state index contributed by atoms with van der Waals surface area (Å²) in [5, 5.41) is 2.82. The van der Waals surface area contributed by atoms with E-state index >= 15 is 0 Å². The van der Waals surface area contributed by atoms with Crippen LogP contribution < -0.4 is 5.32 Å². The van der Waals surface area contributed by atoms with E-state index in [1.54, 1.807) is 6.08 Å². The number of rotatable bonds is 0. The highest BCUT2D eigenvalue weighted by Crippen LogP contribution is 2.18. The molecule has 0 bridgehead atoms. The van der Waals surface area contributed by atoms with Gasteiger partial charge in [0.1, 0.15) is 0 Å². The highest BCUT2D eigenvalue weighted by molar-refractivity contribution is 5.89. The summed E-state index contributed by atoms with van der Waals surface area (Å²) in [7, 11) is 0. The molecule has 0 saturated heterocycles. The quantitative estimate of drug-likeness (QED) is 0.532. The Morgan fingerprint density at radius 1 is 1.50 bits per heavy atom. The predicted molar refractivity (Wildman–Crippen MR) is 48.3 cm³/mol. The summed E-state index contributed by atoms with van der Waals surface area (Å²) in [5.41, 5.74) is -0.00528. The van der Waals surface area contributed by atoms with E-state index in [9.17, 15) is 4.79 Å². The van der Waals surface area contributed by atoms with Crippen LogP contribution in [0.15, 0.2) is 12.2 Å². The van der Waals surface area contributed by atoms with Crippen LogP contribution in [0.25, 0.3) is 0 Å². The Morgan fingerprint density at radius 3 is 2.75 bits per heavy atom. The molecule has 1 atom stereocenters. The van der Waals surface area contributed by atoms with E-state index in [-0.39, 0.29) is 17.4 Å². The molecule has 0 aromatic carbocycles. The van der Waals surface area contributed by atoms with Crippen LogP contribution in [0.3, 0.4) is 0 Å². The third-order valence-corrected chi connectivity index (χ3v) is 1.70. The Balaban J connectivity index is 2.82. The summed E-state index contributed by atoms with van der Waals surface area (Å²) in [6.45, 7) is 6.16. The molecule has 0 aliphatic carbocycles. The molecule has 1 N–H and O–H groups in total. The number of amides is 1. The molecule has 1 heterocycles. The van der Waals surface area contributed by atoms with E-state index in [4.69, 9.17) is 0 Å². The van der Waals surface area contributed by atoms with Crippen molar-refractivity contribution in [1.82, 2.24) is 5.32 Å². The molecule has 2 nitrogen and oxygen atoms in total. The Labute approximate surface area is 73.0 Å². The second kappa shape index (κ2) is 3.02. The summed E-state index contributed by atoms with van der Waals surface area (Å²) >= 11 is 0. The van der Waals surface area contributed by atoms with E-state index in [1.807, 2.05) is 0 Å². The van der Waals surface area contributed by atoms with Gasteiger partial charge in [-0.05, 0) is 11.5 Å². The third kappa shape index (κ3) is 2.13. The molecule has 0 radical (unpaired) electrons. The summed E-state index contributed by atoms with van der Waals surface area (Å²) in [6.07, 6.45) is 3.04. The van der Waals surface area contributed by atoms with E-state index in [2.05, 4.69) is 37.9 Å². The summed E-state index contributed by atoms with van der Waals surface area (Å²) in [5.74, 6) is 5.73. The SMILES string of the molecule is CC(C)(C)C1C#CC=CC(=O)N1. The Hall–Kier alpha value is -1.23. The van der Waals surface area contributed by atoms with Gasteiger partial charge >= 0.3 is 0 Å². The maximum atomic E-state index is 11.1. The summed E-state index contributed by atoms with van der Waals surface area (Å²) in [6, 6.07) is -0.0556. The van der Waals surface area contributed by atoms with Gasteiger partial charge in [0.25, 0.3) is 0 Å². The lowest BCUT2D eigenvalue weighted by Crippen LogP contribution is -2.41. The number of hydrogen-bond acceptors (Lipinski definition) is 1. The minimum atomic E-state index is -0.0765. The van der Waals surface area contributed by atoms with Crippen LogP contribution in [0.4, 0.5) is 0 Å². The maximum absolute atomic E-state index is 11.1. The summed E-state index contributed by atoms with van der Waals surface area (Å²) in [4.78, 5) is 11.1. The van der Waals surface area contributed by atoms with Gasteiger partial charge in [-0.2, -0.15) is 0 Å². The highest BCUT2D eigenvalue weighted by atomic mass is 16.1. The molecule has 1 aliphatic heterocycles. The molecule has 0 saturated carbocycles. The molecule has 0 spiro atoms. The molecule has 0 aromatic heterocycles. The number of carbonyl (C=O) groups is 1. The molecular formula is C10H13NO. The van der Waals surface area contributed by atoms with Gasteiger partial charge in [-0.3, -0.25) is 4.79 Å². The number of allylic oxidation sites excluding steroid dienone is 1. The van der Waals surface area contributed by atoms with Crippen molar-refractivity contribution in [3.63, 3.8) is 0 Å². The Bertz CT molecular complexity index is 272. The van der Waals surface area contributed by atoms with Gasteiger partial charge in [0.2, 0.25) is 5.91 Å². The van der Waals surface area contributed by atoms with Gasteiger partial charge in [-0.1, -0.05) is 32.6 Å². The normalized spacial score (nSPS) is 22.2. The maximum Gasteiger partial charge on any atom is 0.245 e. The zero-order valence-electron chi connectivity index (χ0n) is 7.64. The van der Waals surface area contributed by atoms with Crippen LogP contribution in [-0.2, 0) is 4.79 Å². The molecule has 0 fully saturated rings. The van der Waals surface area contributed by atoms with Crippen LogP contribution >= 0.6 is 0 Å². The van der Waals surface area contributed by atoms with E-state index in [0.29, 0.717) is 0 Å². The predicted octanol–water partition coefficient (Wildman–Crippen LogP) is 1.09. The van der Waals surface area contributed by atoms with Crippen LogP contribution in [0, 0.1) is 17.3 Å². The zero-order chi connectivity index (χ0) is 9.19. The first-order valence-corrected chi connectivity index (χ1v) is 3.98. The molecular weight excluding hydrogens is 150 g/mol. The average molecular weight is 163 g/mol. The largest absolute Gasteiger partial charge is 0.338 e. The smallest absolute Gasteiger partial charge is 0.245 e. The van der Waals surface area contributed by atoms with E-state index in [1.165, 1.54) is 6.08 Å². The van der Waals surface area contributed by atoms with Gasteiger partial charge in [-0.25, -0.2) is 0 Å². The fourth-order valence-corrected chi connectivity index (χ4v) is 0.908. The number of nitrogens with one attached hydrogen (secondary N) is 1. The first-order chi connectivity index (χ1) is 5.50. The second-order valence-corrected chi connectivity index (χ2v) is 3.93. The number of hydrogen-bond donors (Lipinski definition) is 1. The minimum Gasteiger partial charge on any atom is -0.338 e. The van der Waals surface area contributed by atoms with Crippen molar-refractivity contribution in [3.05, 3.63) is 12.2 Å². The highest BCUT2D eigenvalue weighted by Gasteiger charge is 2.24. The first kappa shape index (κ1) is 8.86. The molecule has 1 rings (SSSR count). The van der Waals surface area contributed by atoms with Gasteiger partial charge in [0.15, 0.2) is 0 Å². The second-order valence-electron chi connectivity index (χ2n) is 3.93. The molecule has 12 heavy (non-hydrogen) atoms. The van der Waals surface area contributed by atoms with Gasteiger partial charge in [-0.15, -0.1) is 0 Å². The average Bonchev–Trinajstić information content (AvgIpc) is 2.11. The standard InChI is InChI=1S/C10H13NO/c1-10(2,3)8-6-4-5-7-9(12)11-8/h5,7-8H,1-3H3,(H,11,12). The monoisotopic (exact) mass is 163 g/mol. The fourth-order valence-electron chi connectivity index (χ4n) is 0.908. The van der Waals surface area contributed by atoms with E-state index in [0.717, 1.165) is 0 Å². The summed E-state index contributed by atoms with van der Waals surface area (Å²) < 4.78 is 0. The van der Waals surface area contributed by atoms with Crippen molar-refractivity contribution >= 4 is 5.91 Å². The van der Waals surface area contributed by atoms with E-state index < -0.39 is 0 Å². The van der Waals surface area contributed by atoms with Crippen LogP contribution in [-0.4, -0.2) is 11.9 Å². The van der Waals surface area contributed by atoms with Crippen molar-refractivity contribution in [2.24, 2.45) is 5.41 Å². The van der Waals surface area contributed by atoms with Gasteiger partial charge in [0.05, 0.1) is 6.04 Å². The van der Waals surface area contributed by atoms with Gasteiger partial charge < -0.3 is 5.32 Å². The van der Waals surface area contributed by atoms with Gasteiger partial charge in [0, 0.05) is 6.08 Å². The molecule has 64 valence electrons.